The van der Waals surface area contributed by atoms with Gasteiger partial charge in [-0.2, -0.15) is 5.26 Å². The quantitative estimate of drug-likeness (QED) is 0.688. The summed E-state index contributed by atoms with van der Waals surface area (Å²) in [5.74, 6) is -1.17. The van der Waals surface area contributed by atoms with Crippen LogP contribution in [0.5, 0.6) is 5.75 Å². The van der Waals surface area contributed by atoms with E-state index in [2.05, 4.69) is 0 Å². The van der Waals surface area contributed by atoms with Crippen molar-refractivity contribution in [3.8, 4) is 11.8 Å². The fraction of sp³-hybridized carbons (Fsp3) is 0. The van der Waals surface area contributed by atoms with Crippen LogP contribution in [0.3, 0.4) is 0 Å². The third-order valence-corrected chi connectivity index (χ3v) is 2.09. The van der Waals surface area contributed by atoms with Crippen molar-refractivity contribution in [3.05, 3.63) is 41.7 Å². The van der Waals surface area contributed by atoms with Crippen molar-refractivity contribution in [1.29, 1.82) is 5.26 Å². The van der Waals surface area contributed by atoms with Crippen LogP contribution in [-0.2, 0) is 0 Å². The Morgan fingerprint density at radius 1 is 1.21 bits per heavy atom. The van der Waals surface area contributed by atoms with Gasteiger partial charge in [0.25, 0.3) is 0 Å². The first kappa shape index (κ1) is 8.52. The molecule has 2 aromatic rings. The zero-order valence-electron chi connectivity index (χ0n) is 7.16. The molecular weight excluding hydrogens is 181 g/mol. The first-order chi connectivity index (χ1) is 6.74. The summed E-state index contributed by atoms with van der Waals surface area (Å²) < 4.78 is 13.1. The van der Waals surface area contributed by atoms with Crippen molar-refractivity contribution in [3.63, 3.8) is 0 Å². The summed E-state index contributed by atoms with van der Waals surface area (Å²) in [5, 5.41) is 19.1. The van der Waals surface area contributed by atoms with E-state index in [1.54, 1.807) is 24.3 Å². The molecule has 0 heterocycles. The number of phenolic OH excluding ortho intramolecular Hbond substituents is 1. The molecule has 0 saturated carbocycles. The van der Waals surface area contributed by atoms with E-state index in [0.29, 0.717) is 10.8 Å². The first-order valence-corrected chi connectivity index (χ1v) is 4.04. The fourth-order valence-corrected chi connectivity index (χ4v) is 1.42. The Balaban J connectivity index is 2.99. The Morgan fingerprint density at radius 3 is 2.50 bits per heavy atom. The first-order valence-electron chi connectivity index (χ1n) is 4.04. The molecule has 2 nitrogen and oxygen atoms in total. The Hall–Kier alpha value is -2.08. The monoisotopic (exact) mass is 187 g/mol. The molecule has 1 N–H and O–H groups in total. The second kappa shape index (κ2) is 3.00. The van der Waals surface area contributed by atoms with Crippen molar-refractivity contribution in [2.24, 2.45) is 0 Å². The van der Waals surface area contributed by atoms with Crippen LogP contribution in [0.2, 0.25) is 0 Å². The summed E-state index contributed by atoms with van der Waals surface area (Å²) in [7, 11) is 0. The lowest BCUT2D eigenvalue weighted by Gasteiger charge is -2.03. The van der Waals surface area contributed by atoms with Gasteiger partial charge in [0.2, 0.25) is 0 Å². The number of hydrogen-bond donors (Lipinski definition) is 1. The number of nitriles is 1. The maximum absolute atomic E-state index is 13.1. The lowest BCUT2D eigenvalue weighted by atomic mass is 10.0. The smallest absolute Gasteiger partial charge is 0.166 e. The highest BCUT2D eigenvalue weighted by Crippen LogP contribution is 2.29. The third kappa shape index (κ3) is 1.09. The summed E-state index contributed by atoms with van der Waals surface area (Å²) >= 11 is 0. The Kier molecular flexibility index (Phi) is 1.83. The number of rotatable bonds is 0. The molecule has 3 heteroatoms. The molecule has 68 valence electrons. The number of halogens is 1. The van der Waals surface area contributed by atoms with Crippen molar-refractivity contribution in [2.45, 2.75) is 0 Å². The van der Waals surface area contributed by atoms with E-state index >= 15 is 0 Å². The van der Waals surface area contributed by atoms with Gasteiger partial charge in [0.05, 0.1) is 11.6 Å². The van der Waals surface area contributed by atoms with Gasteiger partial charge in [-0.3, -0.25) is 0 Å². The van der Waals surface area contributed by atoms with Gasteiger partial charge in [0.1, 0.15) is 0 Å². The van der Waals surface area contributed by atoms with Crippen LogP contribution < -0.4 is 0 Å². The van der Waals surface area contributed by atoms with Crippen LogP contribution in [0.4, 0.5) is 4.39 Å². The maximum Gasteiger partial charge on any atom is 0.166 e. The van der Waals surface area contributed by atoms with Gasteiger partial charge in [0.15, 0.2) is 11.6 Å². The van der Waals surface area contributed by atoms with E-state index in [-0.39, 0.29) is 5.56 Å². The number of nitrogens with zero attached hydrogens (tertiary/aromatic N) is 1. The molecule has 0 saturated heterocycles. The number of benzene rings is 2. The van der Waals surface area contributed by atoms with E-state index in [0.717, 1.165) is 6.07 Å². The predicted octanol–water partition coefficient (Wildman–Crippen LogP) is 2.56. The Labute approximate surface area is 79.8 Å². The minimum absolute atomic E-state index is 0.232. The zero-order chi connectivity index (χ0) is 10.1. The van der Waals surface area contributed by atoms with Gasteiger partial charge in [-0.1, -0.05) is 24.3 Å². The van der Waals surface area contributed by atoms with E-state index in [1.165, 1.54) is 0 Å². The average molecular weight is 187 g/mol. The molecular formula is C11H6FNO. The fourth-order valence-electron chi connectivity index (χ4n) is 1.42. The molecule has 0 aliphatic rings. The summed E-state index contributed by atoms with van der Waals surface area (Å²) in [4.78, 5) is 0. The van der Waals surface area contributed by atoms with Gasteiger partial charge in [0, 0.05) is 10.8 Å². The molecule has 0 atom stereocenters. The highest BCUT2D eigenvalue weighted by atomic mass is 19.1. The Morgan fingerprint density at radius 2 is 1.86 bits per heavy atom. The van der Waals surface area contributed by atoms with E-state index < -0.39 is 11.6 Å². The highest BCUT2D eigenvalue weighted by molar-refractivity contribution is 5.92. The number of phenols is 1. The van der Waals surface area contributed by atoms with Gasteiger partial charge in [-0.25, -0.2) is 4.39 Å². The van der Waals surface area contributed by atoms with Crippen molar-refractivity contribution in [1.82, 2.24) is 0 Å². The van der Waals surface area contributed by atoms with Crippen LogP contribution in [0, 0.1) is 17.1 Å². The average Bonchev–Trinajstić information content (AvgIpc) is 2.23. The van der Waals surface area contributed by atoms with Crippen molar-refractivity contribution in [2.75, 3.05) is 0 Å². The molecule has 14 heavy (non-hydrogen) atoms. The van der Waals surface area contributed by atoms with Gasteiger partial charge < -0.3 is 5.11 Å². The van der Waals surface area contributed by atoms with Crippen molar-refractivity contribution < 1.29 is 9.50 Å². The molecule has 0 radical (unpaired) electrons. The lowest BCUT2D eigenvalue weighted by molar-refractivity contribution is 0.438. The zero-order valence-corrected chi connectivity index (χ0v) is 7.16. The standard InChI is InChI=1S/C11H6FNO/c12-10-5-7(6-13)8-3-1-2-4-9(8)11(10)14/h1-5,14H. The third-order valence-electron chi connectivity index (χ3n) is 2.09. The number of aromatic hydroxyl groups is 1. The van der Waals surface area contributed by atoms with Crippen LogP contribution in [-0.4, -0.2) is 5.11 Å². The maximum atomic E-state index is 13.1. The largest absolute Gasteiger partial charge is 0.504 e. The molecule has 0 aliphatic heterocycles. The second-order valence-electron chi connectivity index (χ2n) is 2.91. The normalized spacial score (nSPS) is 10.0. The lowest BCUT2D eigenvalue weighted by Crippen LogP contribution is -1.84. The van der Waals surface area contributed by atoms with E-state index in [4.69, 9.17) is 5.26 Å². The minimum Gasteiger partial charge on any atom is -0.504 e. The molecule has 0 fully saturated rings. The van der Waals surface area contributed by atoms with Gasteiger partial charge >= 0.3 is 0 Å². The van der Waals surface area contributed by atoms with Crippen LogP contribution >= 0.6 is 0 Å². The summed E-state index contributed by atoms with van der Waals surface area (Å²) in [5.41, 5.74) is 0.232. The van der Waals surface area contributed by atoms with Crippen molar-refractivity contribution >= 4 is 10.8 Å². The minimum atomic E-state index is -0.764. The van der Waals surface area contributed by atoms with Crippen LogP contribution in [0.1, 0.15) is 5.56 Å². The molecule has 0 bridgehead atoms. The Bertz CT molecular complexity index is 543. The molecule has 0 unspecified atom stereocenters. The molecule has 0 aromatic heterocycles. The number of hydrogen-bond acceptors (Lipinski definition) is 2. The topological polar surface area (TPSA) is 44.0 Å². The second-order valence-corrected chi connectivity index (χ2v) is 2.91. The van der Waals surface area contributed by atoms with Gasteiger partial charge in [-0.05, 0) is 6.07 Å². The summed E-state index contributed by atoms with van der Waals surface area (Å²) in [6.45, 7) is 0. The van der Waals surface area contributed by atoms with Crippen LogP contribution in [0.25, 0.3) is 10.8 Å². The number of fused-ring (bicyclic) bond motifs is 1. The molecule has 2 rings (SSSR count). The molecule has 0 amide bonds. The predicted molar refractivity (Wildman–Crippen MR) is 50.3 cm³/mol. The summed E-state index contributed by atoms with van der Waals surface area (Å²) in [6, 6.07) is 9.60. The van der Waals surface area contributed by atoms with E-state index in [9.17, 15) is 9.50 Å². The SMILES string of the molecule is N#Cc1cc(F)c(O)c2ccccc12. The van der Waals surface area contributed by atoms with Crippen LogP contribution in [0.15, 0.2) is 30.3 Å². The molecule has 2 aromatic carbocycles. The van der Waals surface area contributed by atoms with E-state index in [1.807, 2.05) is 6.07 Å². The highest BCUT2D eigenvalue weighted by Gasteiger charge is 2.09. The molecule has 0 spiro atoms. The summed E-state index contributed by atoms with van der Waals surface area (Å²) in [6.07, 6.45) is 0. The molecule has 0 aliphatic carbocycles. The van der Waals surface area contributed by atoms with Gasteiger partial charge in [-0.15, -0.1) is 0 Å².